The van der Waals surface area contributed by atoms with Gasteiger partial charge in [0, 0.05) is 6.54 Å². The summed E-state index contributed by atoms with van der Waals surface area (Å²) < 4.78 is 0. The van der Waals surface area contributed by atoms with E-state index in [0.717, 1.165) is 16.9 Å². The Morgan fingerprint density at radius 1 is 1.24 bits per heavy atom. The summed E-state index contributed by atoms with van der Waals surface area (Å²) >= 11 is 1.38. The van der Waals surface area contributed by atoms with E-state index < -0.39 is 0 Å². The summed E-state index contributed by atoms with van der Waals surface area (Å²) in [5.41, 5.74) is 7.76. The van der Waals surface area contributed by atoms with E-state index in [1.165, 1.54) is 16.9 Å². The lowest BCUT2D eigenvalue weighted by Gasteiger charge is -2.08. The van der Waals surface area contributed by atoms with E-state index in [0.29, 0.717) is 18.0 Å². The minimum atomic E-state index is -0.0632. The highest BCUT2D eigenvalue weighted by atomic mass is 32.1. The van der Waals surface area contributed by atoms with Gasteiger partial charge in [-0.2, -0.15) is 0 Å². The lowest BCUT2D eigenvalue weighted by Crippen LogP contribution is -2.22. The number of nitrogens with two attached hydrogens (primary N) is 1. The summed E-state index contributed by atoms with van der Waals surface area (Å²) in [5, 5.41) is 2.96. The first-order chi connectivity index (χ1) is 10.2. The maximum absolute atomic E-state index is 12.1. The Kier molecular flexibility index (Phi) is 5.56. The average Bonchev–Trinajstić information content (AvgIpc) is 2.99. The second kappa shape index (κ2) is 7.63. The van der Waals surface area contributed by atoms with E-state index in [9.17, 15) is 4.79 Å². The van der Waals surface area contributed by atoms with Crippen molar-refractivity contribution in [2.24, 2.45) is 5.73 Å². The first kappa shape index (κ1) is 15.3. The molecule has 3 nitrogen and oxygen atoms in total. The minimum Gasteiger partial charge on any atom is -0.347 e. The van der Waals surface area contributed by atoms with Crippen molar-refractivity contribution in [3.05, 3.63) is 57.3 Å². The fraction of sp³-hybridized carbons (Fsp3) is 0.235. The molecule has 3 N–H and O–H groups in total. The van der Waals surface area contributed by atoms with E-state index in [4.69, 9.17) is 5.73 Å². The molecule has 0 aliphatic rings. The zero-order valence-electron chi connectivity index (χ0n) is 12.0. The molecule has 2 rings (SSSR count). The average molecular weight is 298 g/mol. The molecule has 1 aromatic carbocycles. The van der Waals surface area contributed by atoms with Gasteiger partial charge in [-0.15, -0.1) is 11.3 Å². The molecule has 4 heteroatoms. The number of aryl methyl sites for hydroxylation is 1. The van der Waals surface area contributed by atoms with Gasteiger partial charge in [0.2, 0.25) is 0 Å². The normalized spacial score (nSPS) is 9.81. The molecule has 0 saturated heterocycles. The van der Waals surface area contributed by atoms with Gasteiger partial charge in [0.25, 0.3) is 5.91 Å². The van der Waals surface area contributed by atoms with Crippen molar-refractivity contribution in [1.82, 2.24) is 5.32 Å². The number of benzene rings is 1. The highest BCUT2D eigenvalue weighted by Crippen LogP contribution is 2.16. The van der Waals surface area contributed by atoms with E-state index >= 15 is 0 Å². The van der Waals surface area contributed by atoms with Crippen LogP contribution in [0.2, 0.25) is 0 Å². The number of thiophene rings is 1. The number of carbonyl (C=O) groups is 1. The summed E-state index contributed by atoms with van der Waals surface area (Å²) in [6.45, 7) is 2.99. The lowest BCUT2D eigenvalue weighted by molar-refractivity contribution is 0.0955. The Balaban J connectivity index is 2.00. The molecule has 0 bridgehead atoms. The van der Waals surface area contributed by atoms with Gasteiger partial charge in [-0.1, -0.05) is 43.0 Å². The van der Waals surface area contributed by atoms with E-state index in [2.05, 4.69) is 30.1 Å². The Bertz CT molecular complexity index is 679. The van der Waals surface area contributed by atoms with Gasteiger partial charge < -0.3 is 11.1 Å². The van der Waals surface area contributed by atoms with Gasteiger partial charge in [0.05, 0.1) is 16.3 Å². The fourth-order valence-electron chi connectivity index (χ4n) is 2.00. The number of hydrogen-bond acceptors (Lipinski definition) is 3. The quantitative estimate of drug-likeness (QED) is 0.852. The highest BCUT2D eigenvalue weighted by molar-refractivity contribution is 7.14. The van der Waals surface area contributed by atoms with Crippen LogP contribution in [0.25, 0.3) is 0 Å². The molecule has 0 unspecified atom stereocenters. The van der Waals surface area contributed by atoms with Crippen LogP contribution >= 0.6 is 11.3 Å². The topological polar surface area (TPSA) is 55.1 Å². The van der Waals surface area contributed by atoms with E-state index in [1.807, 2.05) is 24.3 Å². The molecule has 1 amide bonds. The maximum Gasteiger partial charge on any atom is 0.261 e. The molecular formula is C17H18N2OS. The molecule has 21 heavy (non-hydrogen) atoms. The van der Waals surface area contributed by atoms with Gasteiger partial charge in [-0.3, -0.25) is 4.79 Å². The Morgan fingerprint density at radius 2 is 2.00 bits per heavy atom. The van der Waals surface area contributed by atoms with Gasteiger partial charge in [-0.25, -0.2) is 0 Å². The van der Waals surface area contributed by atoms with Crippen molar-refractivity contribution in [1.29, 1.82) is 0 Å². The Hall–Kier alpha value is -2.09. The summed E-state index contributed by atoms with van der Waals surface area (Å²) in [5.74, 6) is 5.66. The van der Waals surface area contributed by atoms with Gasteiger partial charge >= 0.3 is 0 Å². The van der Waals surface area contributed by atoms with Crippen molar-refractivity contribution in [3.8, 4) is 11.8 Å². The molecule has 0 spiro atoms. The highest BCUT2D eigenvalue weighted by Gasteiger charge is 2.09. The van der Waals surface area contributed by atoms with Crippen molar-refractivity contribution >= 4 is 17.2 Å². The lowest BCUT2D eigenvalue weighted by atomic mass is 10.1. The monoisotopic (exact) mass is 298 g/mol. The Morgan fingerprint density at radius 3 is 2.71 bits per heavy atom. The minimum absolute atomic E-state index is 0.0632. The van der Waals surface area contributed by atoms with Crippen LogP contribution < -0.4 is 11.1 Å². The van der Waals surface area contributed by atoms with Crippen molar-refractivity contribution in [3.63, 3.8) is 0 Å². The fourth-order valence-corrected chi connectivity index (χ4v) is 2.80. The third-order valence-corrected chi connectivity index (χ3v) is 4.08. The standard InChI is InChI=1S/C17H18N2OS/c1-2-13-6-3-4-7-14(13)12-19-17(20)16-10-9-15(21-16)8-5-11-18/h3-4,6-7,9-10H,2,11-12,18H2,1H3,(H,19,20). The third kappa shape index (κ3) is 4.19. The van der Waals surface area contributed by atoms with Crippen LogP contribution in [0.3, 0.4) is 0 Å². The van der Waals surface area contributed by atoms with Crippen LogP contribution in [0, 0.1) is 11.8 Å². The first-order valence-electron chi connectivity index (χ1n) is 6.88. The van der Waals surface area contributed by atoms with Gasteiger partial charge in [0.1, 0.15) is 0 Å². The first-order valence-corrected chi connectivity index (χ1v) is 7.70. The molecule has 2 aromatic rings. The van der Waals surface area contributed by atoms with Gasteiger partial charge in [0.15, 0.2) is 0 Å². The molecule has 108 valence electrons. The van der Waals surface area contributed by atoms with Crippen molar-refractivity contribution < 1.29 is 4.79 Å². The molecule has 1 aromatic heterocycles. The predicted octanol–water partition coefficient (Wildman–Crippen LogP) is 2.55. The molecule has 0 radical (unpaired) electrons. The number of nitrogens with one attached hydrogen (secondary N) is 1. The van der Waals surface area contributed by atoms with E-state index in [-0.39, 0.29) is 5.91 Å². The van der Waals surface area contributed by atoms with Crippen molar-refractivity contribution in [2.75, 3.05) is 6.54 Å². The summed E-state index contributed by atoms with van der Waals surface area (Å²) in [6, 6.07) is 11.8. The number of rotatable bonds is 4. The summed E-state index contributed by atoms with van der Waals surface area (Å²) in [7, 11) is 0. The maximum atomic E-state index is 12.1. The van der Waals surface area contributed by atoms with E-state index in [1.54, 1.807) is 6.07 Å². The second-order valence-electron chi connectivity index (χ2n) is 4.47. The smallest absolute Gasteiger partial charge is 0.261 e. The molecular weight excluding hydrogens is 280 g/mol. The predicted molar refractivity (Wildman–Crippen MR) is 87.2 cm³/mol. The molecule has 1 heterocycles. The Labute approximate surface area is 129 Å². The third-order valence-electron chi connectivity index (χ3n) is 3.08. The molecule has 0 aliphatic heterocycles. The SMILES string of the molecule is CCc1ccccc1CNC(=O)c1ccc(C#CCN)s1. The second-order valence-corrected chi connectivity index (χ2v) is 5.56. The number of hydrogen-bond donors (Lipinski definition) is 2. The number of amides is 1. The summed E-state index contributed by atoms with van der Waals surface area (Å²) in [4.78, 5) is 13.7. The van der Waals surface area contributed by atoms with Crippen LogP contribution in [0.1, 0.15) is 32.6 Å². The zero-order chi connectivity index (χ0) is 15.1. The van der Waals surface area contributed by atoms with Gasteiger partial charge in [-0.05, 0) is 29.7 Å². The molecule has 0 atom stereocenters. The zero-order valence-corrected chi connectivity index (χ0v) is 12.8. The largest absolute Gasteiger partial charge is 0.347 e. The van der Waals surface area contributed by atoms with Crippen molar-refractivity contribution in [2.45, 2.75) is 19.9 Å². The molecule has 0 aliphatic carbocycles. The van der Waals surface area contributed by atoms with Crippen LogP contribution in [0.4, 0.5) is 0 Å². The van der Waals surface area contributed by atoms with Crippen LogP contribution in [0.15, 0.2) is 36.4 Å². The van der Waals surface area contributed by atoms with Crippen LogP contribution in [-0.2, 0) is 13.0 Å². The summed E-state index contributed by atoms with van der Waals surface area (Å²) in [6.07, 6.45) is 0.962. The van der Waals surface area contributed by atoms with Crippen LogP contribution in [-0.4, -0.2) is 12.5 Å². The molecule has 0 fully saturated rings. The van der Waals surface area contributed by atoms with Crippen LogP contribution in [0.5, 0.6) is 0 Å². The molecule has 0 saturated carbocycles. The number of carbonyl (C=O) groups excluding carboxylic acids is 1.